The van der Waals surface area contributed by atoms with Gasteiger partial charge >= 0.3 is 6.09 Å². The first-order valence-corrected chi connectivity index (χ1v) is 8.60. The van der Waals surface area contributed by atoms with Crippen LogP contribution in [0.2, 0.25) is 0 Å². The van der Waals surface area contributed by atoms with Crippen LogP contribution >= 0.6 is 0 Å². The molecule has 1 saturated carbocycles. The Morgan fingerprint density at radius 3 is 2.52 bits per heavy atom. The van der Waals surface area contributed by atoms with Crippen molar-refractivity contribution in [2.75, 3.05) is 0 Å². The summed E-state index contributed by atoms with van der Waals surface area (Å²) in [4.78, 5) is 11.8. The summed E-state index contributed by atoms with van der Waals surface area (Å²) in [5, 5.41) is 2.92. The summed E-state index contributed by atoms with van der Waals surface area (Å²) in [6, 6.07) is 15.9. The van der Waals surface area contributed by atoms with Crippen LogP contribution in [0, 0.1) is 0 Å². The van der Waals surface area contributed by atoms with E-state index in [1.54, 1.807) is 6.07 Å². The van der Waals surface area contributed by atoms with Gasteiger partial charge in [0.1, 0.15) is 12.3 Å². The average molecular weight is 341 g/mol. The van der Waals surface area contributed by atoms with Gasteiger partial charge in [0.2, 0.25) is 0 Å². The van der Waals surface area contributed by atoms with Gasteiger partial charge in [-0.3, -0.25) is 0 Å². The summed E-state index contributed by atoms with van der Waals surface area (Å²) >= 11 is 0. The predicted octanol–water partition coefficient (Wildman–Crippen LogP) is 5.20. The number of rotatable bonds is 4. The molecule has 3 nitrogen and oxygen atoms in total. The Labute approximate surface area is 148 Å². The fourth-order valence-electron chi connectivity index (χ4n) is 2.94. The van der Waals surface area contributed by atoms with E-state index >= 15 is 0 Å². The van der Waals surface area contributed by atoms with Crippen LogP contribution in [0.1, 0.15) is 44.2 Å². The van der Waals surface area contributed by atoms with E-state index in [0.29, 0.717) is 11.5 Å². The summed E-state index contributed by atoms with van der Waals surface area (Å²) < 4.78 is 18.1. The molecule has 2 atom stereocenters. The number of ether oxygens (including phenoxy) is 1. The lowest BCUT2D eigenvalue weighted by molar-refractivity contribution is 0.0523. The third-order valence-corrected chi connectivity index (χ3v) is 4.25. The lowest BCUT2D eigenvalue weighted by atomic mass is 10.0. The Hall–Kier alpha value is -2.36. The smallest absolute Gasteiger partial charge is 0.407 e. The van der Waals surface area contributed by atoms with E-state index in [-0.39, 0.29) is 12.1 Å². The van der Waals surface area contributed by atoms with Gasteiger partial charge in [-0.05, 0) is 55.5 Å². The van der Waals surface area contributed by atoms with E-state index < -0.39 is 12.3 Å². The topological polar surface area (TPSA) is 38.3 Å². The van der Waals surface area contributed by atoms with Gasteiger partial charge in [-0.2, -0.15) is 0 Å². The molecule has 1 amide bonds. The first kappa shape index (κ1) is 17.5. The second-order valence-corrected chi connectivity index (χ2v) is 7.55. The Kier molecular flexibility index (Phi) is 4.80. The Morgan fingerprint density at radius 1 is 1.16 bits per heavy atom. The maximum absolute atomic E-state index is 12.8. The number of hydrogen-bond donors (Lipinski definition) is 1. The van der Waals surface area contributed by atoms with Gasteiger partial charge in [0.25, 0.3) is 0 Å². The van der Waals surface area contributed by atoms with Crippen LogP contribution in [0.4, 0.5) is 9.18 Å². The number of amides is 1. The maximum atomic E-state index is 12.8. The lowest BCUT2D eigenvalue weighted by Gasteiger charge is -2.19. The molecule has 0 spiro atoms. The highest BCUT2D eigenvalue weighted by atomic mass is 19.1. The minimum absolute atomic E-state index is 0.135. The Bertz CT molecular complexity index is 749. The van der Waals surface area contributed by atoms with E-state index in [1.165, 1.54) is 5.56 Å². The number of halogens is 1. The van der Waals surface area contributed by atoms with Gasteiger partial charge in [-0.1, -0.05) is 42.5 Å². The summed E-state index contributed by atoms with van der Waals surface area (Å²) in [6.07, 6.45) is 0.565. The maximum Gasteiger partial charge on any atom is 0.407 e. The van der Waals surface area contributed by atoms with Crippen molar-refractivity contribution in [3.05, 3.63) is 59.7 Å². The second-order valence-electron chi connectivity index (χ2n) is 7.55. The lowest BCUT2D eigenvalue weighted by Crippen LogP contribution is -2.34. The molecule has 1 aliphatic carbocycles. The molecule has 0 unspecified atom stereocenters. The molecular weight excluding hydrogens is 317 g/mol. The number of nitrogens with one attached hydrogen (secondary N) is 1. The van der Waals surface area contributed by atoms with Crippen LogP contribution in [0.15, 0.2) is 48.5 Å². The molecule has 0 heterocycles. The molecule has 1 N–H and O–H groups in total. The molecule has 0 saturated heterocycles. The minimum atomic E-state index is -0.482. The standard InChI is InChI=1S/C21H24FNO2/c1-21(2,3)25-20(24)23-19-12-18(19)16-9-7-15(8-10-16)17-6-4-5-14(11-17)13-22/h4-11,18-19H,12-13H2,1-3H3,(H,23,24)/t18-,19+/m1/s1. The first-order chi connectivity index (χ1) is 11.9. The molecule has 4 heteroatoms. The van der Waals surface area contributed by atoms with E-state index in [2.05, 4.69) is 29.6 Å². The number of alkyl carbamates (subject to hydrolysis) is 1. The molecule has 2 aromatic rings. The molecule has 0 bridgehead atoms. The number of alkyl halides is 1. The monoisotopic (exact) mass is 341 g/mol. The zero-order valence-corrected chi connectivity index (χ0v) is 14.9. The summed E-state index contributed by atoms with van der Waals surface area (Å²) in [6.45, 7) is 5.11. The van der Waals surface area contributed by atoms with Crippen molar-refractivity contribution < 1.29 is 13.9 Å². The van der Waals surface area contributed by atoms with Crippen LogP contribution in [-0.2, 0) is 11.4 Å². The van der Waals surface area contributed by atoms with Crippen molar-refractivity contribution in [3.8, 4) is 11.1 Å². The molecule has 0 radical (unpaired) electrons. The largest absolute Gasteiger partial charge is 0.444 e. The zero-order chi connectivity index (χ0) is 18.0. The van der Waals surface area contributed by atoms with Crippen molar-refractivity contribution in [3.63, 3.8) is 0 Å². The van der Waals surface area contributed by atoms with Crippen LogP contribution < -0.4 is 5.32 Å². The highest BCUT2D eigenvalue weighted by Crippen LogP contribution is 2.41. The van der Waals surface area contributed by atoms with Crippen molar-refractivity contribution in [2.24, 2.45) is 0 Å². The van der Waals surface area contributed by atoms with Crippen molar-refractivity contribution in [2.45, 2.75) is 51.4 Å². The number of hydrogen-bond acceptors (Lipinski definition) is 2. The predicted molar refractivity (Wildman–Crippen MR) is 97.2 cm³/mol. The normalized spacial score (nSPS) is 19.4. The van der Waals surface area contributed by atoms with Crippen LogP contribution in [-0.4, -0.2) is 17.7 Å². The van der Waals surface area contributed by atoms with Crippen molar-refractivity contribution in [1.82, 2.24) is 5.32 Å². The summed E-state index contributed by atoms with van der Waals surface area (Å²) in [5.41, 5.74) is 3.48. The van der Waals surface area contributed by atoms with Gasteiger partial charge in [-0.25, -0.2) is 9.18 Å². The van der Waals surface area contributed by atoms with E-state index in [4.69, 9.17) is 4.74 Å². The molecule has 1 fully saturated rings. The Balaban J connectivity index is 1.61. The molecule has 0 aliphatic heterocycles. The van der Waals surface area contributed by atoms with Gasteiger partial charge in [0.15, 0.2) is 0 Å². The third kappa shape index (κ3) is 4.59. The zero-order valence-electron chi connectivity index (χ0n) is 14.9. The molecule has 132 valence electrons. The summed E-state index contributed by atoms with van der Waals surface area (Å²) in [5.74, 6) is 0.332. The van der Waals surface area contributed by atoms with Gasteiger partial charge in [-0.15, -0.1) is 0 Å². The second kappa shape index (κ2) is 6.87. The van der Waals surface area contributed by atoms with Crippen LogP contribution in [0.3, 0.4) is 0 Å². The van der Waals surface area contributed by atoms with Gasteiger partial charge in [0, 0.05) is 12.0 Å². The highest BCUT2D eigenvalue weighted by molar-refractivity contribution is 5.69. The molecule has 25 heavy (non-hydrogen) atoms. The van der Waals surface area contributed by atoms with Crippen LogP contribution in [0.5, 0.6) is 0 Å². The number of benzene rings is 2. The Morgan fingerprint density at radius 2 is 1.88 bits per heavy atom. The van der Waals surface area contributed by atoms with Gasteiger partial charge in [0.05, 0.1) is 0 Å². The number of carbonyl (C=O) groups excluding carboxylic acids is 1. The quantitative estimate of drug-likeness (QED) is 0.829. The molecule has 3 rings (SSSR count). The first-order valence-electron chi connectivity index (χ1n) is 8.60. The van der Waals surface area contributed by atoms with Crippen molar-refractivity contribution in [1.29, 1.82) is 0 Å². The highest BCUT2D eigenvalue weighted by Gasteiger charge is 2.40. The molecular formula is C21H24FNO2. The van der Waals surface area contributed by atoms with Crippen molar-refractivity contribution >= 4 is 6.09 Å². The number of carbonyl (C=O) groups is 1. The minimum Gasteiger partial charge on any atom is -0.444 e. The summed E-state index contributed by atoms with van der Waals surface area (Å²) in [7, 11) is 0. The van der Waals surface area contributed by atoms with E-state index in [0.717, 1.165) is 17.5 Å². The molecule has 2 aromatic carbocycles. The van der Waals surface area contributed by atoms with E-state index in [9.17, 15) is 9.18 Å². The SMILES string of the molecule is CC(C)(C)OC(=O)N[C@H]1C[C@@H]1c1ccc(-c2cccc(CF)c2)cc1. The van der Waals surface area contributed by atoms with Gasteiger partial charge < -0.3 is 10.1 Å². The molecule has 0 aromatic heterocycles. The fourth-order valence-corrected chi connectivity index (χ4v) is 2.94. The third-order valence-electron chi connectivity index (χ3n) is 4.25. The van der Waals surface area contributed by atoms with Crippen LogP contribution in [0.25, 0.3) is 11.1 Å². The molecule has 1 aliphatic rings. The fraction of sp³-hybridized carbons (Fsp3) is 0.381. The van der Waals surface area contributed by atoms with E-state index in [1.807, 2.05) is 39.0 Å². The average Bonchev–Trinajstić information content (AvgIpc) is 3.32.